The zero-order chi connectivity index (χ0) is 14.4. The Morgan fingerprint density at radius 1 is 0.900 bits per heavy atom. The van der Waals surface area contributed by atoms with Crippen LogP contribution in [0.4, 0.5) is 11.4 Å². The third-order valence-corrected chi connectivity index (χ3v) is 4.35. The zero-order valence-electron chi connectivity index (χ0n) is 10.1. The Morgan fingerprint density at radius 3 is 2.15 bits per heavy atom. The fourth-order valence-corrected chi connectivity index (χ4v) is 3.52. The van der Waals surface area contributed by atoms with Crippen LogP contribution in [0.2, 0.25) is 0 Å². The van der Waals surface area contributed by atoms with Gasteiger partial charge in [0.25, 0.3) is 11.8 Å². The van der Waals surface area contributed by atoms with Crippen molar-refractivity contribution < 1.29 is 9.59 Å². The normalized spacial score (nSPS) is 13.8. The summed E-state index contributed by atoms with van der Waals surface area (Å²) in [5.74, 6) is -0.720. The van der Waals surface area contributed by atoms with E-state index in [2.05, 4.69) is 31.9 Å². The zero-order valence-corrected chi connectivity index (χ0v) is 13.2. The van der Waals surface area contributed by atoms with Crippen molar-refractivity contribution >= 4 is 55.0 Å². The maximum atomic E-state index is 12.5. The SMILES string of the molecule is Nc1ccc2c(c1)C(=O)N(c1c(Br)cccc1Br)C2=O. The number of hydrogen-bond donors (Lipinski definition) is 1. The Hall–Kier alpha value is -1.66. The van der Waals surface area contributed by atoms with E-state index >= 15 is 0 Å². The van der Waals surface area contributed by atoms with E-state index in [-0.39, 0.29) is 11.8 Å². The second-order valence-corrected chi connectivity index (χ2v) is 6.03. The van der Waals surface area contributed by atoms with Gasteiger partial charge in [-0.1, -0.05) is 6.07 Å². The van der Waals surface area contributed by atoms with Gasteiger partial charge in [0.1, 0.15) is 0 Å². The van der Waals surface area contributed by atoms with Crippen LogP contribution in [0.25, 0.3) is 0 Å². The van der Waals surface area contributed by atoms with Crippen molar-refractivity contribution in [2.24, 2.45) is 0 Å². The van der Waals surface area contributed by atoms with Crippen molar-refractivity contribution in [1.82, 2.24) is 0 Å². The summed E-state index contributed by atoms with van der Waals surface area (Å²) < 4.78 is 1.32. The first-order valence-electron chi connectivity index (χ1n) is 5.73. The number of benzene rings is 2. The number of nitrogen functional groups attached to an aromatic ring is 1. The Balaban J connectivity index is 2.20. The van der Waals surface area contributed by atoms with E-state index in [4.69, 9.17) is 5.73 Å². The summed E-state index contributed by atoms with van der Waals surface area (Å²) in [6.45, 7) is 0. The predicted octanol–water partition coefficient (Wildman–Crippen LogP) is 3.59. The highest BCUT2D eigenvalue weighted by molar-refractivity contribution is 9.11. The van der Waals surface area contributed by atoms with Gasteiger partial charge < -0.3 is 5.73 Å². The van der Waals surface area contributed by atoms with Gasteiger partial charge >= 0.3 is 0 Å². The lowest BCUT2D eigenvalue weighted by molar-refractivity contribution is 0.0926. The first-order valence-corrected chi connectivity index (χ1v) is 7.31. The molecule has 2 aromatic carbocycles. The summed E-state index contributed by atoms with van der Waals surface area (Å²) in [4.78, 5) is 26.1. The Morgan fingerprint density at radius 2 is 1.50 bits per heavy atom. The number of anilines is 2. The quantitative estimate of drug-likeness (QED) is 0.592. The highest BCUT2D eigenvalue weighted by atomic mass is 79.9. The van der Waals surface area contributed by atoms with Gasteiger partial charge in [-0.05, 0) is 62.2 Å². The number of nitrogens with zero attached hydrogens (tertiary/aromatic N) is 1. The van der Waals surface area contributed by atoms with Crippen molar-refractivity contribution in [1.29, 1.82) is 0 Å². The number of rotatable bonds is 1. The number of para-hydroxylation sites is 1. The van der Waals surface area contributed by atoms with Crippen LogP contribution in [-0.4, -0.2) is 11.8 Å². The first kappa shape index (κ1) is 13.3. The van der Waals surface area contributed by atoms with Crippen LogP contribution in [-0.2, 0) is 0 Å². The summed E-state index contributed by atoms with van der Waals surface area (Å²) in [6.07, 6.45) is 0. The lowest BCUT2D eigenvalue weighted by atomic mass is 10.1. The van der Waals surface area contributed by atoms with E-state index in [0.717, 1.165) is 4.90 Å². The average molecular weight is 396 g/mol. The molecule has 4 nitrogen and oxygen atoms in total. The topological polar surface area (TPSA) is 63.4 Å². The van der Waals surface area contributed by atoms with E-state index < -0.39 is 0 Å². The molecule has 0 aromatic heterocycles. The highest BCUT2D eigenvalue weighted by Gasteiger charge is 2.38. The van der Waals surface area contributed by atoms with E-state index in [0.29, 0.717) is 31.4 Å². The van der Waals surface area contributed by atoms with E-state index in [1.807, 2.05) is 6.07 Å². The molecule has 0 bridgehead atoms. The summed E-state index contributed by atoms with van der Waals surface area (Å²) in [6, 6.07) is 10.1. The molecule has 0 spiro atoms. The largest absolute Gasteiger partial charge is 0.399 e. The average Bonchev–Trinajstić information content (AvgIpc) is 2.63. The van der Waals surface area contributed by atoms with Crippen molar-refractivity contribution in [3.63, 3.8) is 0 Å². The number of amides is 2. The molecule has 20 heavy (non-hydrogen) atoms. The molecule has 0 saturated heterocycles. The predicted molar refractivity (Wildman–Crippen MR) is 83.8 cm³/mol. The van der Waals surface area contributed by atoms with Crippen LogP contribution in [0.15, 0.2) is 45.3 Å². The first-order chi connectivity index (χ1) is 9.50. The van der Waals surface area contributed by atoms with Gasteiger partial charge in [0, 0.05) is 14.6 Å². The van der Waals surface area contributed by atoms with Crippen LogP contribution in [0.5, 0.6) is 0 Å². The van der Waals surface area contributed by atoms with Gasteiger partial charge in [-0.3, -0.25) is 9.59 Å². The number of carbonyl (C=O) groups excluding carboxylic acids is 2. The molecule has 2 amide bonds. The maximum absolute atomic E-state index is 12.5. The molecule has 3 rings (SSSR count). The van der Waals surface area contributed by atoms with Crippen molar-refractivity contribution in [3.8, 4) is 0 Å². The van der Waals surface area contributed by atoms with Gasteiger partial charge in [0.05, 0.1) is 16.8 Å². The smallest absolute Gasteiger partial charge is 0.266 e. The molecule has 0 saturated carbocycles. The monoisotopic (exact) mass is 394 g/mol. The lowest BCUT2D eigenvalue weighted by Crippen LogP contribution is -2.30. The molecule has 0 radical (unpaired) electrons. The fraction of sp³-hybridized carbons (Fsp3) is 0. The van der Waals surface area contributed by atoms with Crippen LogP contribution >= 0.6 is 31.9 Å². The van der Waals surface area contributed by atoms with Gasteiger partial charge in [-0.2, -0.15) is 0 Å². The molecule has 2 N–H and O–H groups in total. The summed E-state index contributed by atoms with van der Waals surface area (Å²) in [7, 11) is 0. The number of nitrogens with two attached hydrogens (primary N) is 1. The Bertz CT molecular complexity index is 739. The molecule has 1 aliphatic rings. The number of imide groups is 1. The third-order valence-electron chi connectivity index (χ3n) is 3.07. The standard InChI is InChI=1S/C14H8Br2N2O2/c15-10-2-1-3-11(16)12(10)18-13(19)8-5-4-7(17)6-9(8)14(18)20/h1-6H,17H2. The van der Waals surface area contributed by atoms with Crippen LogP contribution in [0.1, 0.15) is 20.7 Å². The molecule has 1 aliphatic heterocycles. The number of fused-ring (bicyclic) bond motifs is 1. The molecule has 0 fully saturated rings. The van der Waals surface area contributed by atoms with Crippen molar-refractivity contribution in [2.45, 2.75) is 0 Å². The number of hydrogen-bond acceptors (Lipinski definition) is 3. The number of halogens is 2. The third kappa shape index (κ3) is 1.87. The minimum Gasteiger partial charge on any atom is -0.399 e. The van der Waals surface area contributed by atoms with E-state index in [9.17, 15) is 9.59 Å². The Labute approximate surface area is 131 Å². The van der Waals surface area contributed by atoms with E-state index in [1.165, 1.54) is 6.07 Å². The van der Waals surface area contributed by atoms with E-state index in [1.54, 1.807) is 24.3 Å². The molecule has 6 heteroatoms. The van der Waals surface area contributed by atoms with Gasteiger partial charge in [0.15, 0.2) is 0 Å². The lowest BCUT2D eigenvalue weighted by Gasteiger charge is -2.17. The van der Waals surface area contributed by atoms with Crippen molar-refractivity contribution in [2.75, 3.05) is 10.6 Å². The van der Waals surface area contributed by atoms with Gasteiger partial charge in [0.2, 0.25) is 0 Å². The molecule has 0 aliphatic carbocycles. The molecule has 100 valence electrons. The molecule has 0 atom stereocenters. The Kier molecular flexibility index (Phi) is 3.14. The van der Waals surface area contributed by atoms with Crippen LogP contribution in [0, 0.1) is 0 Å². The number of carbonyl (C=O) groups is 2. The molecule has 2 aromatic rings. The second-order valence-electron chi connectivity index (χ2n) is 4.32. The second kappa shape index (κ2) is 4.71. The maximum Gasteiger partial charge on any atom is 0.266 e. The van der Waals surface area contributed by atoms with Gasteiger partial charge in [-0.25, -0.2) is 4.90 Å². The molecular weight excluding hydrogens is 388 g/mol. The van der Waals surface area contributed by atoms with Crippen LogP contribution in [0.3, 0.4) is 0 Å². The summed E-state index contributed by atoms with van der Waals surface area (Å²) in [5.41, 5.74) is 7.33. The minimum atomic E-state index is -0.370. The van der Waals surface area contributed by atoms with Crippen LogP contribution < -0.4 is 10.6 Å². The fourth-order valence-electron chi connectivity index (χ4n) is 2.16. The van der Waals surface area contributed by atoms with Gasteiger partial charge in [-0.15, -0.1) is 0 Å². The molecule has 0 unspecified atom stereocenters. The summed E-state index contributed by atoms with van der Waals surface area (Å²) in [5, 5.41) is 0. The molecular formula is C14H8Br2N2O2. The highest BCUT2D eigenvalue weighted by Crippen LogP contribution is 2.38. The minimum absolute atomic E-state index is 0.331. The summed E-state index contributed by atoms with van der Waals surface area (Å²) >= 11 is 6.74. The molecule has 1 heterocycles. The van der Waals surface area contributed by atoms with Crippen molar-refractivity contribution in [3.05, 3.63) is 56.5 Å².